The third kappa shape index (κ3) is 6.86. The Bertz CT molecular complexity index is 447. The Morgan fingerprint density at radius 3 is 2.75 bits per heavy atom. The van der Waals surface area contributed by atoms with Crippen molar-refractivity contribution in [3.05, 3.63) is 29.8 Å². The zero-order valence-corrected chi connectivity index (χ0v) is 11.4. The molecule has 20 heavy (non-hydrogen) atoms. The highest BCUT2D eigenvalue weighted by Gasteiger charge is 2.05. The van der Waals surface area contributed by atoms with Gasteiger partial charge in [0.05, 0.1) is 32.7 Å². The lowest BCUT2D eigenvalue weighted by molar-refractivity contribution is -0.136. The van der Waals surface area contributed by atoms with Crippen LogP contribution in [0.5, 0.6) is 0 Å². The summed E-state index contributed by atoms with van der Waals surface area (Å²) in [5.74, 6) is -1.07. The number of carbonyl (C=O) groups is 2. The molecule has 1 rings (SSSR count). The maximum atomic E-state index is 11.6. The van der Waals surface area contributed by atoms with Crippen LogP contribution in [0.3, 0.4) is 0 Å². The Balaban J connectivity index is 2.36. The Morgan fingerprint density at radius 2 is 2.05 bits per heavy atom. The highest BCUT2D eigenvalue weighted by Crippen LogP contribution is 2.11. The summed E-state index contributed by atoms with van der Waals surface area (Å²) in [4.78, 5) is 22.3. The minimum absolute atomic E-state index is 0.0656. The van der Waals surface area contributed by atoms with Crippen molar-refractivity contribution in [1.82, 2.24) is 0 Å². The third-order valence-electron chi connectivity index (χ3n) is 2.47. The van der Waals surface area contributed by atoms with E-state index in [2.05, 4.69) is 5.32 Å². The summed E-state index contributed by atoms with van der Waals surface area (Å²) in [7, 11) is 1.58. The molecule has 1 aromatic carbocycles. The van der Waals surface area contributed by atoms with Gasteiger partial charge in [-0.1, -0.05) is 12.1 Å². The number of hydrogen-bond acceptors (Lipinski definition) is 4. The summed E-state index contributed by atoms with van der Waals surface area (Å²) in [6.45, 7) is 1.28. The first kappa shape index (κ1) is 16.1. The summed E-state index contributed by atoms with van der Waals surface area (Å²) in [6, 6.07) is 6.79. The van der Waals surface area contributed by atoms with Crippen LogP contribution in [0.25, 0.3) is 0 Å². The van der Waals surface area contributed by atoms with E-state index in [1.54, 1.807) is 31.4 Å². The number of anilines is 1. The van der Waals surface area contributed by atoms with Gasteiger partial charge in [0.25, 0.3) is 0 Å². The van der Waals surface area contributed by atoms with Crippen LogP contribution in [-0.4, -0.2) is 43.9 Å². The van der Waals surface area contributed by atoms with Crippen molar-refractivity contribution in [2.75, 3.05) is 32.2 Å². The van der Waals surface area contributed by atoms with Gasteiger partial charge in [0.15, 0.2) is 0 Å². The molecule has 0 radical (unpaired) electrons. The average Bonchev–Trinajstić information content (AvgIpc) is 2.38. The van der Waals surface area contributed by atoms with Crippen LogP contribution in [0.1, 0.15) is 12.0 Å². The Hall–Kier alpha value is -1.92. The summed E-state index contributed by atoms with van der Waals surface area (Å²) in [5, 5.41) is 11.4. The van der Waals surface area contributed by atoms with E-state index < -0.39 is 5.97 Å². The van der Waals surface area contributed by atoms with Crippen molar-refractivity contribution >= 4 is 17.6 Å². The summed E-state index contributed by atoms with van der Waals surface area (Å²) in [6.07, 6.45) is 0.177. The summed E-state index contributed by atoms with van der Waals surface area (Å²) >= 11 is 0. The number of amides is 1. The number of carboxylic acids is 1. The Kier molecular flexibility index (Phi) is 7.31. The van der Waals surface area contributed by atoms with Crippen LogP contribution in [0.15, 0.2) is 24.3 Å². The van der Waals surface area contributed by atoms with Gasteiger partial charge in [0, 0.05) is 12.8 Å². The molecule has 1 amide bonds. The van der Waals surface area contributed by atoms with Crippen LogP contribution >= 0.6 is 0 Å². The van der Waals surface area contributed by atoms with Crippen molar-refractivity contribution in [3.63, 3.8) is 0 Å². The molecular formula is C14H19NO5. The van der Waals surface area contributed by atoms with Crippen molar-refractivity contribution in [1.29, 1.82) is 0 Å². The standard InChI is InChI=1S/C14H19NO5/c1-19-7-8-20-6-5-13(16)15-12-4-2-3-11(9-12)10-14(17)18/h2-4,9H,5-8,10H2,1H3,(H,15,16)(H,17,18). The minimum atomic E-state index is -0.903. The SMILES string of the molecule is COCCOCCC(=O)Nc1cccc(CC(=O)O)c1. The minimum Gasteiger partial charge on any atom is -0.481 e. The van der Waals surface area contributed by atoms with E-state index in [0.29, 0.717) is 31.1 Å². The second-order valence-corrected chi connectivity index (χ2v) is 4.17. The second kappa shape index (κ2) is 9.06. The number of methoxy groups -OCH3 is 1. The Labute approximate surface area is 117 Å². The number of ether oxygens (including phenoxy) is 2. The van der Waals surface area contributed by atoms with E-state index in [4.69, 9.17) is 14.6 Å². The molecule has 0 bridgehead atoms. The number of rotatable bonds is 9. The molecule has 1 aromatic rings. The van der Waals surface area contributed by atoms with Crippen LogP contribution in [-0.2, 0) is 25.5 Å². The van der Waals surface area contributed by atoms with Gasteiger partial charge in [-0.15, -0.1) is 0 Å². The molecule has 0 atom stereocenters. The zero-order valence-electron chi connectivity index (χ0n) is 11.4. The predicted octanol–water partition coefficient (Wildman–Crippen LogP) is 1.31. The lowest BCUT2D eigenvalue weighted by Gasteiger charge is -2.07. The molecule has 6 heteroatoms. The third-order valence-corrected chi connectivity index (χ3v) is 2.47. The van der Waals surface area contributed by atoms with Crippen molar-refractivity contribution in [2.24, 2.45) is 0 Å². The van der Waals surface area contributed by atoms with Crippen molar-refractivity contribution in [2.45, 2.75) is 12.8 Å². The number of benzene rings is 1. The van der Waals surface area contributed by atoms with E-state index in [9.17, 15) is 9.59 Å². The van der Waals surface area contributed by atoms with Gasteiger partial charge in [-0.05, 0) is 17.7 Å². The fourth-order valence-corrected chi connectivity index (χ4v) is 1.57. The van der Waals surface area contributed by atoms with Gasteiger partial charge >= 0.3 is 5.97 Å². The molecule has 0 aliphatic heterocycles. The molecule has 2 N–H and O–H groups in total. The molecule has 0 aliphatic carbocycles. The highest BCUT2D eigenvalue weighted by atomic mass is 16.5. The molecule has 0 unspecified atom stereocenters. The van der Waals surface area contributed by atoms with Crippen LogP contribution in [0.4, 0.5) is 5.69 Å². The number of hydrogen-bond donors (Lipinski definition) is 2. The van der Waals surface area contributed by atoms with Crippen molar-refractivity contribution < 1.29 is 24.2 Å². The van der Waals surface area contributed by atoms with Gasteiger partial charge < -0.3 is 19.9 Å². The van der Waals surface area contributed by atoms with E-state index in [1.165, 1.54) is 0 Å². The smallest absolute Gasteiger partial charge is 0.307 e. The molecule has 0 heterocycles. The lowest BCUT2D eigenvalue weighted by atomic mass is 10.1. The fraction of sp³-hybridized carbons (Fsp3) is 0.429. The van der Waals surface area contributed by atoms with E-state index >= 15 is 0 Å². The normalized spacial score (nSPS) is 10.2. The molecule has 110 valence electrons. The first-order valence-electron chi connectivity index (χ1n) is 6.29. The largest absolute Gasteiger partial charge is 0.481 e. The number of carboxylic acid groups (broad SMARTS) is 1. The maximum absolute atomic E-state index is 11.6. The molecule has 0 aromatic heterocycles. The Morgan fingerprint density at radius 1 is 1.25 bits per heavy atom. The lowest BCUT2D eigenvalue weighted by Crippen LogP contribution is -2.15. The topological polar surface area (TPSA) is 84.9 Å². The van der Waals surface area contributed by atoms with Crippen LogP contribution in [0, 0.1) is 0 Å². The van der Waals surface area contributed by atoms with Crippen molar-refractivity contribution in [3.8, 4) is 0 Å². The van der Waals surface area contributed by atoms with Gasteiger partial charge in [-0.25, -0.2) is 0 Å². The second-order valence-electron chi connectivity index (χ2n) is 4.17. The molecule has 0 saturated heterocycles. The summed E-state index contributed by atoms with van der Waals surface area (Å²) in [5.41, 5.74) is 1.23. The first-order valence-corrected chi connectivity index (χ1v) is 6.29. The van der Waals surface area contributed by atoms with Gasteiger partial charge in [-0.2, -0.15) is 0 Å². The molecule has 0 saturated carbocycles. The molecule has 0 aliphatic rings. The molecule has 0 fully saturated rings. The first-order chi connectivity index (χ1) is 9.61. The monoisotopic (exact) mass is 281 g/mol. The van der Waals surface area contributed by atoms with Crippen LogP contribution < -0.4 is 5.32 Å². The quantitative estimate of drug-likeness (QED) is 0.667. The number of nitrogens with one attached hydrogen (secondary N) is 1. The van der Waals surface area contributed by atoms with E-state index in [0.717, 1.165) is 0 Å². The summed E-state index contributed by atoms with van der Waals surface area (Å²) < 4.78 is 10.0. The maximum Gasteiger partial charge on any atom is 0.307 e. The molecule has 6 nitrogen and oxygen atoms in total. The van der Waals surface area contributed by atoms with Gasteiger partial charge in [-0.3, -0.25) is 9.59 Å². The predicted molar refractivity (Wildman–Crippen MR) is 73.7 cm³/mol. The number of aliphatic carboxylic acids is 1. The molecule has 0 spiro atoms. The van der Waals surface area contributed by atoms with Gasteiger partial charge in [0.1, 0.15) is 0 Å². The van der Waals surface area contributed by atoms with E-state index in [-0.39, 0.29) is 18.7 Å². The number of carbonyl (C=O) groups excluding carboxylic acids is 1. The zero-order chi connectivity index (χ0) is 14.8. The van der Waals surface area contributed by atoms with Crippen LogP contribution in [0.2, 0.25) is 0 Å². The van der Waals surface area contributed by atoms with Gasteiger partial charge in [0.2, 0.25) is 5.91 Å². The highest BCUT2D eigenvalue weighted by molar-refractivity contribution is 5.90. The molecular weight excluding hydrogens is 262 g/mol. The fourth-order valence-electron chi connectivity index (χ4n) is 1.57. The van der Waals surface area contributed by atoms with E-state index in [1.807, 2.05) is 0 Å². The average molecular weight is 281 g/mol.